The molecule has 0 amide bonds. The van der Waals surface area contributed by atoms with E-state index in [4.69, 9.17) is 9.26 Å². The molecule has 6 nitrogen and oxygen atoms in total. The number of carbonyl (C=O) groups is 1. The average molecular weight is 269 g/mol. The van der Waals surface area contributed by atoms with Gasteiger partial charge in [-0.25, -0.2) is 0 Å². The van der Waals surface area contributed by atoms with Crippen molar-refractivity contribution in [1.29, 1.82) is 0 Å². The number of rotatable bonds is 8. The molecular weight excluding hydrogens is 246 g/mol. The number of hydrogen-bond donors (Lipinski definition) is 0. The van der Waals surface area contributed by atoms with Crippen LogP contribution in [-0.4, -0.2) is 41.2 Å². The molecule has 0 N–H and O–H groups in total. The maximum absolute atomic E-state index is 11.2. The molecule has 108 valence electrons. The van der Waals surface area contributed by atoms with Crippen molar-refractivity contribution in [1.82, 2.24) is 15.0 Å². The zero-order valence-electron chi connectivity index (χ0n) is 12.2. The van der Waals surface area contributed by atoms with Crippen LogP contribution in [0.3, 0.4) is 0 Å². The largest absolute Gasteiger partial charge is 0.466 e. The molecule has 0 unspecified atom stereocenters. The fraction of sp³-hybridized carbons (Fsp3) is 0.769. The zero-order valence-corrected chi connectivity index (χ0v) is 12.2. The lowest BCUT2D eigenvalue weighted by Gasteiger charge is -2.13. The second-order valence-electron chi connectivity index (χ2n) is 5.00. The van der Waals surface area contributed by atoms with Crippen molar-refractivity contribution in [3.05, 3.63) is 11.7 Å². The Balaban J connectivity index is 2.33. The first kappa shape index (κ1) is 15.6. The number of carbonyl (C=O) groups excluding carboxylic acids is 1. The predicted molar refractivity (Wildman–Crippen MR) is 70.4 cm³/mol. The van der Waals surface area contributed by atoms with Crippen molar-refractivity contribution >= 4 is 5.97 Å². The highest BCUT2D eigenvalue weighted by molar-refractivity contribution is 5.69. The number of hydrogen-bond acceptors (Lipinski definition) is 6. The minimum Gasteiger partial charge on any atom is -0.466 e. The Morgan fingerprint density at radius 2 is 2.21 bits per heavy atom. The van der Waals surface area contributed by atoms with Crippen LogP contribution < -0.4 is 0 Å². The molecule has 0 aliphatic carbocycles. The molecule has 0 radical (unpaired) electrons. The summed E-state index contributed by atoms with van der Waals surface area (Å²) in [5.74, 6) is 1.64. The lowest BCUT2D eigenvalue weighted by molar-refractivity contribution is -0.143. The molecule has 1 rings (SSSR count). The Labute approximate surface area is 114 Å². The van der Waals surface area contributed by atoms with E-state index in [2.05, 4.69) is 24.0 Å². The summed E-state index contributed by atoms with van der Waals surface area (Å²) in [7, 11) is 1.91. The minimum atomic E-state index is -0.178. The van der Waals surface area contributed by atoms with Gasteiger partial charge in [-0.15, -0.1) is 0 Å². The Morgan fingerprint density at radius 3 is 2.84 bits per heavy atom. The first-order chi connectivity index (χ1) is 9.01. The van der Waals surface area contributed by atoms with E-state index in [0.717, 1.165) is 6.42 Å². The van der Waals surface area contributed by atoms with Crippen molar-refractivity contribution in [2.24, 2.45) is 5.92 Å². The average Bonchev–Trinajstić information content (AvgIpc) is 2.73. The fourth-order valence-electron chi connectivity index (χ4n) is 1.62. The van der Waals surface area contributed by atoms with Crippen molar-refractivity contribution in [2.45, 2.75) is 40.2 Å². The van der Waals surface area contributed by atoms with Gasteiger partial charge < -0.3 is 9.26 Å². The lowest BCUT2D eigenvalue weighted by atomic mass is 10.1. The van der Waals surface area contributed by atoms with E-state index in [0.29, 0.717) is 43.8 Å². The summed E-state index contributed by atoms with van der Waals surface area (Å²) in [5, 5.41) is 3.93. The minimum absolute atomic E-state index is 0.178. The molecule has 0 aromatic carbocycles. The van der Waals surface area contributed by atoms with Gasteiger partial charge in [-0.1, -0.05) is 19.0 Å². The summed E-state index contributed by atoms with van der Waals surface area (Å²) in [6, 6.07) is 0. The topological polar surface area (TPSA) is 68.5 Å². The summed E-state index contributed by atoms with van der Waals surface area (Å²) in [6.45, 7) is 7.63. The third-order valence-corrected chi connectivity index (χ3v) is 2.51. The van der Waals surface area contributed by atoms with Gasteiger partial charge in [0, 0.05) is 13.0 Å². The summed E-state index contributed by atoms with van der Waals surface area (Å²) >= 11 is 0. The molecule has 1 heterocycles. The molecule has 0 aliphatic heterocycles. The molecule has 0 aliphatic rings. The normalized spacial score (nSPS) is 11.3. The summed E-state index contributed by atoms with van der Waals surface area (Å²) < 4.78 is 10.0. The lowest BCUT2D eigenvalue weighted by Crippen LogP contribution is -2.22. The molecule has 0 bridgehead atoms. The maximum atomic E-state index is 11.2. The standard InChI is InChI=1S/C13H23N3O3/c1-5-18-13(17)6-7-16(4)9-11-14-12(19-15-11)8-10(2)3/h10H,5-9H2,1-4H3. The predicted octanol–water partition coefficient (Wildman–Crippen LogP) is 1.65. The quantitative estimate of drug-likeness (QED) is 0.668. The molecule has 0 atom stereocenters. The van der Waals surface area contributed by atoms with Gasteiger partial charge in [0.2, 0.25) is 5.89 Å². The fourth-order valence-corrected chi connectivity index (χ4v) is 1.62. The Kier molecular flexibility index (Phi) is 6.49. The van der Waals surface area contributed by atoms with Gasteiger partial charge in [0.1, 0.15) is 0 Å². The van der Waals surface area contributed by atoms with Gasteiger partial charge in [0.25, 0.3) is 0 Å². The third-order valence-electron chi connectivity index (χ3n) is 2.51. The van der Waals surface area contributed by atoms with Crippen LogP contribution in [0.2, 0.25) is 0 Å². The molecule has 0 saturated heterocycles. The first-order valence-corrected chi connectivity index (χ1v) is 6.66. The van der Waals surface area contributed by atoms with Crippen molar-refractivity contribution in [3.63, 3.8) is 0 Å². The molecule has 0 fully saturated rings. The van der Waals surface area contributed by atoms with Gasteiger partial charge in [-0.05, 0) is 19.9 Å². The number of aromatic nitrogens is 2. The van der Waals surface area contributed by atoms with Gasteiger partial charge >= 0.3 is 5.97 Å². The van der Waals surface area contributed by atoms with Crippen LogP contribution in [-0.2, 0) is 22.5 Å². The van der Waals surface area contributed by atoms with E-state index in [1.165, 1.54) is 0 Å². The van der Waals surface area contributed by atoms with Crippen LogP contribution in [0.4, 0.5) is 0 Å². The molecule has 19 heavy (non-hydrogen) atoms. The van der Waals surface area contributed by atoms with Gasteiger partial charge in [0.15, 0.2) is 5.82 Å². The van der Waals surface area contributed by atoms with Crippen molar-refractivity contribution in [3.8, 4) is 0 Å². The van der Waals surface area contributed by atoms with Crippen LogP contribution in [0.25, 0.3) is 0 Å². The molecule has 0 saturated carbocycles. The molecular formula is C13H23N3O3. The molecule has 0 spiro atoms. The second-order valence-corrected chi connectivity index (χ2v) is 5.00. The number of esters is 1. The van der Waals surface area contributed by atoms with E-state index in [1.54, 1.807) is 6.92 Å². The Hall–Kier alpha value is -1.43. The second kappa shape index (κ2) is 7.89. The van der Waals surface area contributed by atoms with E-state index in [9.17, 15) is 4.79 Å². The van der Waals surface area contributed by atoms with E-state index < -0.39 is 0 Å². The molecule has 6 heteroatoms. The highest BCUT2D eigenvalue weighted by atomic mass is 16.5. The van der Waals surface area contributed by atoms with Crippen LogP contribution in [0.1, 0.15) is 38.9 Å². The van der Waals surface area contributed by atoms with Crippen LogP contribution in [0.15, 0.2) is 4.52 Å². The summed E-state index contributed by atoms with van der Waals surface area (Å²) in [4.78, 5) is 17.5. The highest BCUT2D eigenvalue weighted by Gasteiger charge is 2.11. The monoisotopic (exact) mass is 269 g/mol. The van der Waals surface area contributed by atoms with Crippen LogP contribution in [0.5, 0.6) is 0 Å². The van der Waals surface area contributed by atoms with E-state index >= 15 is 0 Å². The van der Waals surface area contributed by atoms with Gasteiger partial charge in [0.05, 0.1) is 19.6 Å². The Bertz CT molecular complexity index is 390. The van der Waals surface area contributed by atoms with E-state index in [-0.39, 0.29) is 5.97 Å². The number of ether oxygens (including phenoxy) is 1. The maximum Gasteiger partial charge on any atom is 0.307 e. The van der Waals surface area contributed by atoms with Gasteiger partial charge in [-0.2, -0.15) is 4.98 Å². The zero-order chi connectivity index (χ0) is 14.3. The molecule has 1 aromatic heterocycles. The third kappa shape index (κ3) is 6.33. The van der Waals surface area contributed by atoms with E-state index in [1.807, 2.05) is 11.9 Å². The highest BCUT2D eigenvalue weighted by Crippen LogP contribution is 2.07. The van der Waals surface area contributed by atoms with Crippen LogP contribution in [0, 0.1) is 5.92 Å². The molecule has 1 aromatic rings. The summed E-state index contributed by atoms with van der Waals surface area (Å²) in [6.07, 6.45) is 1.17. The van der Waals surface area contributed by atoms with Gasteiger partial charge in [-0.3, -0.25) is 9.69 Å². The summed E-state index contributed by atoms with van der Waals surface area (Å²) in [5.41, 5.74) is 0. The number of nitrogens with zero attached hydrogens (tertiary/aromatic N) is 3. The van der Waals surface area contributed by atoms with Crippen molar-refractivity contribution in [2.75, 3.05) is 20.2 Å². The van der Waals surface area contributed by atoms with Crippen molar-refractivity contribution < 1.29 is 14.1 Å². The smallest absolute Gasteiger partial charge is 0.307 e. The van der Waals surface area contributed by atoms with Crippen LogP contribution >= 0.6 is 0 Å². The first-order valence-electron chi connectivity index (χ1n) is 6.66. The SMILES string of the molecule is CCOC(=O)CCN(C)Cc1noc(CC(C)C)n1. The Morgan fingerprint density at radius 1 is 1.47 bits per heavy atom.